The van der Waals surface area contributed by atoms with Crippen LogP contribution in [0.4, 0.5) is 0 Å². The average Bonchev–Trinajstić information content (AvgIpc) is 3.20. The van der Waals surface area contributed by atoms with Crippen molar-refractivity contribution in [1.29, 1.82) is 0 Å². The predicted octanol–water partition coefficient (Wildman–Crippen LogP) is 1.76. The molecule has 1 N–H and O–H groups in total. The fraction of sp³-hybridized carbons (Fsp3) is 0.235. The van der Waals surface area contributed by atoms with Gasteiger partial charge in [-0.1, -0.05) is 24.3 Å². The highest BCUT2D eigenvalue weighted by atomic mass is 16.4. The third-order valence-electron chi connectivity index (χ3n) is 3.61. The Labute approximate surface area is 137 Å². The molecule has 0 saturated carbocycles. The van der Waals surface area contributed by atoms with Crippen LogP contribution in [0.15, 0.2) is 56.3 Å². The molecule has 0 bridgehead atoms. The lowest BCUT2D eigenvalue weighted by Gasteiger charge is -2.07. The van der Waals surface area contributed by atoms with Crippen LogP contribution in [0.2, 0.25) is 0 Å². The molecule has 0 aliphatic heterocycles. The molecule has 7 heteroatoms. The zero-order valence-electron chi connectivity index (χ0n) is 13.2. The Balaban J connectivity index is 1.56. The van der Waals surface area contributed by atoms with Gasteiger partial charge in [-0.05, 0) is 36.6 Å². The Morgan fingerprint density at radius 3 is 2.83 bits per heavy atom. The Morgan fingerprint density at radius 2 is 2.08 bits per heavy atom. The molecule has 0 saturated heterocycles. The largest absolute Gasteiger partial charge is 0.459 e. The molecule has 0 spiro atoms. The molecule has 124 valence electrons. The van der Waals surface area contributed by atoms with Crippen molar-refractivity contribution in [2.45, 2.75) is 19.9 Å². The summed E-state index contributed by atoms with van der Waals surface area (Å²) < 4.78 is 11.1. The summed E-state index contributed by atoms with van der Waals surface area (Å²) in [5.41, 5.74) is 2.36. The maximum absolute atomic E-state index is 12.0. The van der Waals surface area contributed by atoms with Crippen LogP contribution in [0.1, 0.15) is 11.1 Å². The van der Waals surface area contributed by atoms with Crippen molar-refractivity contribution in [3.8, 4) is 11.7 Å². The fourth-order valence-corrected chi connectivity index (χ4v) is 2.33. The van der Waals surface area contributed by atoms with Gasteiger partial charge in [-0.25, -0.2) is 4.79 Å². The molecule has 2 aromatic heterocycles. The van der Waals surface area contributed by atoms with E-state index in [-0.39, 0.29) is 18.3 Å². The van der Waals surface area contributed by atoms with Crippen LogP contribution >= 0.6 is 0 Å². The number of benzene rings is 1. The topological polar surface area (TPSA) is 90.3 Å². The summed E-state index contributed by atoms with van der Waals surface area (Å²) in [6, 6.07) is 11.3. The molecule has 0 atom stereocenters. The van der Waals surface area contributed by atoms with Crippen LogP contribution in [0, 0.1) is 6.92 Å². The summed E-state index contributed by atoms with van der Waals surface area (Å²) in [5.74, 6) is -0.607. The highest BCUT2D eigenvalue weighted by molar-refractivity contribution is 5.75. The van der Waals surface area contributed by atoms with Crippen molar-refractivity contribution in [3.63, 3.8) is 0 Å². The minimum absolute atomic E-state index is 0.0534. The fourth-order valence-electron chi connectivity index (χ4n) is 2.33. The van der Waals surface area contributed by atoms with Crippen LogP contribution in [0.5, 0.6) is 0 Å². The van der Waals surface area contributed by atoms with Crippen molar-refractivity contribution in [2.75, 3.05) is 6.54 Å². The lowest BCUT2D eigenvalue weighted by Crippen LogP contribution is -2.32. The maximum atomic E-state index is 12.0. The van der Waals surface area contributed by atoms with E-state index in [9.17, 15) is 9.59 Å². The van der Waals surface area contributed by atoms with Crippen LogP contribution < -0.4 is 11.1 Å². The number of nitrogens with zero attached hydrogens (tertiary/aromatic N) is 2. The molecule has 1 amide bonds. The average molecular weight is 327 g/mol. The molecule has 1 aromatic carbocycles. The van der Waals surface area contributed by atoms with Gasteiger partial charge in [0.2, 0.25) is 5.91 Å². The van der Waals surface area contributed by atoms with Gasteiger partial charge in [0.1, 0.15) is 6.54 Å². The number of aryl methyl sites for hydroxylation is 1. The molecule has 7 nitrogen and oxygen atoms in total. The number of aromatic nitrogens is 2. The third kappa shape index (κ3) is 3.62. The van der Waals surface area contributed by atoms with Crippen molar-refractivity contribution in [3.05, 3.63) is 64.3 Å². The van der Waals surface area contributed by atoms with Crippen LogP contribution in [-0.4, -0.2) is 22.2 Å². The van der Waals surface area contributed by atoms with Crippen LogP contribution in [-0.2, 0) is 17.8 Å². The maximum Gasteiger partial charge on any atom is 0.437 e. The summed E-state index contributed by atoms with van der Waals surface area (Å²) in [7, 11) is 0. The minimum Gasteiger partial charge on any atom is -0.459 e. The van der Waals surface area contributed by atoms with Gasteiger partial charge < -0.3 is 14.2 Å². The SMILES string of the molecule is Cc1ccccc1CCNC(=O)Cn1nc(-c2ccco2)oc1=O. The number of carbonyl (C=O) groups excluding carboxylic acids is 1. The first-order chi connectivity index (χ1) is 11.6. The van der Waals surface area contributed by atoms with E-state index in [2.05, 4.69) is 10.4 Å². The summed E-state index contributed by atoms with van der Waals surface area (Å²) >= 11 is 0. The van der Waals surface area contributed by atoms with E-state index in [1.54, 1.807) is 12.1 Å². The van der Waals surface area contributed by atoms with E-state index in [1.165, 1.54) is 17.4 Å². The molecule has 0 aliphatic carbocycles. The molecule has 0 unspecified atom stereocenters. The van der Waals surface area contributed by atoms with Crippen molar-refractivity contribution in [1.82, 2.24) is 15.1 Å². The van der Waals surface area contributed by atoms with Crippen LogP contribution in [0.3, 0.4) is 0 Å². The summed E-state index contributed by atoms with van der Waals surface area (Å²) in [6.07, 6.45) is 2.18. The second-order valence-corrected chi connectivity index (χ2v) is 5.33. The lowest BCUT2D eigenvalue weighted by molar-refractivity contribution is -0.121. The first kappa shape index (κ1) is 15.8. The standard InChI is InChI=1S/C17H17N3O4/c1-12-5-2-3-6-13(12)8-9-18-15(21)11-20-17(22)24-16(19-20)14-7-4-10-23-14/h2-7,10H,8-9,11H2,1H3,(H,18,21). The van der Waals surface area contributed by atoms with Crippen molar-refractivity contribution >= 4 is 5.91 Å². The third-order valence-corrected chi connectivity index (χ3v) is 3.61. The quantitative estimate of drug-likeness (QED) is 0.745. The number of hydrogen-bond acceptors (Lipinski definition) is 5. The Kier molecular flexibility index (Phi) is 4.60. The molecule has 0 radical (unpaired) electrons. The van der Waals surface area contributed by atoms with E-state index in [4.69, 9.17) is 8.83 Å². The molecule has 2 heterocycles. The summed E-state index contributed by atoms with van der Waals surface area (Å²) in [6.45, 7) is 2.32. The predicted molar refractivity (Wildman–Crippen MR) is 86.4 cm³/mol. The first-order valence-corrected chi connectivity index (χ1v) is 7.56. The number of hydrogen-bond donors (Lipinski definition) is 1. The van der Waals surface area contributed by atoms with Crippen LogP contribution in [0.25, 0.3) is 11.7 Å². The van der Waals surface area contributed by atoms with Gasteiger partial charge in [-0.2, -0.15) is 4.68 Å². The minimum atomic E-state index is -0.699. The molecular weight excluding hydrogens is 310 g/mol. The molecule has 24 heavy (non-hydrogen) atoms. The second-order valence-electron chi connectivity index (χ2n) is 5.33. The van der Waals surface area contributed by atoms with E-state index in [0.29, 0.717) is 12.3 Å². The van der Waals surface area contributed by atoms with E-state index in [1.807, 2.05) is 31.2 Å². The van der Waals surface area contributed by atoms with Gasteiger partial charge in [-0.15, -0.1) is 5.10 Å². The lowest BCUT2D eigenvalue weighted by atomic mass is 10.1. The number of rotatable bonds is 6. The van der Waals surface area contributed by atoms with E-state index in [0.717, 1.165) is 11.1 Å². The van der Waals surface area contributed by atoms with Gasteiger partial charge in [0.15, 0.2) is 5.76 Å². The Hall–Kier alpha value is -3.09. The van der Waals surface area contributed by atoms with Gasteiger partial charge in [0.25, 0.3) is 5.89 Å². The summed E-state index contributed by atoms with van der Waals surface area (Å²) in [5, 5.41) is 6.73. The van der Waals surface area contributed by atoms with Gasteiger partial charge in [0, 0.05) is 6.54 Å². The number of nitrogens with one attached hydrogen (secondary N) is 1. The normalized spacial score (nSPS) is 10.7. The number of furan rings is 1. The Morgan fingerprint density at radius 1 is 1.25 bits per heavy atom. The van der Waals surface area contributed by atoms with Crippen molar-refractivity contribution in [2.24, 2.45) is 0 Å². The van der Waals surface area contributed by atoms with Gasteiger partial charge in [0.05, 0.1) is 6.26 Å². The first-order valence-electron chi connectivity index (χ1n) is 7.56. The summed E-state index contributed by atoms with van der Waals surface area (Å²) in [4.78, 5) is 23.7. The van der Waals surface area contributed by atoms with Crippen molar-refractivity contribution < 1.29 is 13.6 Å². The molecule has 3 aromatic rings. The second kappa shape index (κ2) is 6.99. The zero-order valence-corrected chi connectivity index (χ0v) is 13.2. The van der Waals surface area contributed by atoms with E-state index < -0.39 is 5.76 Å². The monoisotopic (exact) mass is 327 g/mol. The zero-order chi connectivity index (χ0) is 16.9. The molecular formula is C17H17N3O4. The molecule has 0 aliphatic rings. The smallest absolute Gasteiger partial charge is 0.437 e. The molecule has 0 fully saturated rings. The Bertz CT molecular complexity index is 877. The van der Waals surface area contributed by atoms with E-state index >= 15 is 0 Å². The number of amides is 1. The number of carbonyl (C=O) groups is 1. The highest BCUT2D eigenvalue weighted by Gasteiger charge is 2.14. The van der Waals surface area contributed by atoms with Gasteiger partial charge >= 0.3 is 5.76 Å². The highest BCUT2D eigenvalue weighted by Crippen LogP contribution is 2.14. The van der Waals surface area contributed by atoms with Gasteiger partial charge in [-0.3, -0.25) is 4.79 Å². The molecule has 3 rings (SSSR count).